The van der Waals surface area contributed by atoms with Crippen LogP contribution in [0, 0.1) is 5.92 Å². The summed E-state index contributed by atoms with van der Waals surface area (Å²) in [5.74, 6) is 0.588. The summed E-state index contributed by atoms with van der Waals surface area (Å²) >= 11 is 0. The molecule has 0 amide bonds. The molecule has 6 nitrogen and oxygen atoms in total. The molecule has 0 aromatic rings. The molecule has 6 heteroatoms. The lowest BCUT2D eigenvalue weighted by atomic mass is 9.82. The van der Waals surface area contributed by atoms with Gasteiger partial charge in [-0.3, -0.25) is 19.6 Å². The van der Waals surface area contributed by atoms with Crippen molar-refractivity contribution in [2.75, 3.05) is 52.5 Å². The Labute approximate surface area is 184 Å². The number of nitrogens with zero attached hydrogens (tertiary/aromatic N) is 4. The number of aliphatic hydroxyl groups excluding tert-OH is 2. The largest absolute Gasteiger partial charge is 0.395 e. The molecule has 4 rings (SSSR count). The number of hydrogen-bond acceptors (Lipinski definition) is 6. The van der Waals surface area contributed by atoms with Crippen LogP contribution in [0.5, 0.6) is 0 Å². The Morgan fingerprint density at radius 3 is 2.00 bits per heavy atom. The maximum absolute atomic E-state index is 10.3. The van der Waals surface area contributed by atoms with E-state index in [0.717, 1.165) is 45.7 Å². The Balaban J connectivity index is 1.28. The van der Waals surface area contributed by atoms with E-state index < -0.39 is 0 Å². The van der Waals surface area contributed by atoms with Gasteiger partial charge in [-0.25, -0.2) is 0 Å². The molecule has 4 fully saturated rings. The lowest BCUT2D eigenvalue weighted by Gasteiger charge is -2.54. The van der Waals surface area contributed by atoms with Gasteiger partial charge >= 0.3 is 0 Å². The Hall–Kier alpha value is -0.240. The fourth-order valence-corrected chi connectivity index (χ4v) is 6.57. The van der Waals surface area contributed by atoms with Crippen LogP contribution >= 0.6 is 0 Å². The second-order valence-electron chi connectivity index (χ2n) is 12.1. The van der Waals surface area contributed by atoms with Gasteiger partial charge in [0.05, 0.1) is 13.2 Å². The number of likely N-dealkylation sites (tertiary alicyclic amines) is 4. The maximum Gasteiger partial charge on any atom is 0.0589 e. The van der Waals surface area contributed by atoms with Crippen molar-refractivity contribution in [1.82, 2.24) is 19.6 Å². The second-order valence-corrected chi connectivity index (χ2v) is 12.1. The van der Waals surface area contributed by atoms with Crippen LogP contribution in [-0.2, 0) is 0 Å². The summed E-state index contributed by atoms with van der Waals surface area (Å²) in [5.41, 5.74) is 0.431. The molecule has 0 bridgehead atoms. The first-order valence-electron chi connectivity index (χ1n) is 12.4. The van der Waals surface area contributed by atoms with Gasteiger partial charge in [0.1, 0.15) is 0 Å². The second kappa shape index (κ2) is 8.60. The molecule has 0 aromatic heterocycles. The van der Waals surface area contributed by atoms with Crippen molar-refractivity contribution in [2.45, 2.75) is 95.5 Å². The molecule has 0 aliphatic carbocycles. The van der Waals surface area contributed by atoms with E-state index >= 15 is 0 Å². The number of aliphatic hydroxyl groups is 2. The summed E-state index contributed by atoms with van der Waals surface area (Å²) in [7, 11) is 0. The molecule has 2 N–H and O–H groups in total. The highest BCUT2D eigenvalue weighted by Crippen LogP contribution is 2.39. The van der Waals surface area contributed by atoms with Crippen LogP contribution < -0.4 is 0 Å². The third-order valence-electron chi connectivity index (χ3n) is 8.78. The highest BCUT2D eigenvalue weighted by molar-refractivity contribution is 5.04. The SMILES string of the molecule is CC(C)(C)N1CC(N2CCC(CC(C)(C)N3CC(N4CCC[C@@H]4CO)C3)[C@H]2CO)C1. The van der Waals surface area contributed by atoms with Gasteiger partial charge in [-0.1, -0.05) is 0 Å². The predicted octanol–water partition coefficient (Wildman–Crippen LogP) is 1.46. The topological polar surface area (TPSA) is 53.4 Å². The van der Waals surface area contributed by atoms with Gasteiger partial charge in [0, 0.05) is 61.4 Å². The van der Waals surface area contributed by atoms with E-state index in [2.05, 4.69) is 54.2 Å². The van der Waals surface area contributed by atoms with Gasteiger partial charge in [-0.05, 0) is 79.3 Å². The lowest BCUT2D eigenvalue weighted by Crippen LogP contribution is -2.67. The van der Waals surface area contributed by atoms with Gasteiger partial charge < -0.3 is 10.2 Å². The Kier molecular flexibility index (Phi) is 6.58. The van der Waals surface area contributed by atoms with E-state index in [9.17, 15) is 10.2 Å². The summed E-state index contributed by atoms with van der Waals surface area (Å²) in [6.45, 7) is 19.2. The zero-order chi connectivity index (χ0) is 21.7. The molecule has 0 spiro atoms. The van der Waals surface area contributed by atoms with E-state index in [1.807, 2.05) is 0 Å². The average Bonchev–Trinajstić information content (AvgIpc) is 3.17. The monoisotopic (exact) mass is 422 g/mol. The summed E-state index contributed by atoms with van der Waals surface area (Å²) in [6.07, 6.45) is 4.77. The van der Waals surface area contributed by atoms with Gasteiger partial charge in [0.15, 0.2) is 0 Å². The minimum absolute atomic E-state index is 0.177. The normalized spacial score (nSPS) is 33.9. The van der Waals surface area contributed by atoms with Crippen LogP contribution in [0.25, 0.3) is 0 Å². The van der Waals surface area contributed by atoms with Crippen LogP contribution in [0.2, 0.25) is 0 Å². The summed E-state index contributed by atoms with van der Waals surface area (Å²) in [6, 6.07) is 1.95. The molecule has 4 aliphatic heterocycles. The molecule has 4 saturated heterocycles. The Morgan fingerprint density at radius 1 is 0.767 bits per heavy atom. The fraction of sp³-hybridized carbons (Fsp3) is 1.00. The first-order valence-corrected chi connectivity index (χ1v) is 12.4. The highest BCUT2D eigenvalue weighted by Gasteiger charge is 2.48. The van der Waals surface area contributed by atoms with Crippen LogP contribution in [0.15, 0.2) is 0 Å². The zero-order valence-corrected chi connectivity index (χ0v) is 20.1. The van der Waals surface area contributed by atoms with Crippen molar-refractivity contribution in [3.63, 3.8) is 0 Å². The van der Waals surface area contributed by atoms with Crippen molar-refractivity contribution >= 4 is 0 Å². The van der Waals surface area contributed by atoms with Gasteiger partial charge in [0.2, 0.25) is 0 Å². The van der Waals surface area contributed by atoms with Gasteiger partial charge in [-0.2, -0.15) is 0 Å². The van der Waals surface area contributed by atoms with Gasteiger partial charge in [0.25, 0.3) is 0 Å². The first kappa shape index (κ1) is 22.9. The van der Waals surface area contributed by atoms with Gasteiger partial charge in [-0.15, -0.1) is 0 Å². The summed E-state index contributed by atoms with van der Waals surface area (Å²) in [4.78, 5) is 10.4. The third-order valence-corrected chi connectivity index (χ3v) is 8.78. The average molecular weight is 423 g/mol. The minimum Gasteiger partial charge on any atom is -0.395 e. The molecular weight excluding hydrogens is 376 g/mol. The van der Waals surface area contributed by atoms with E-state index in [-0.39, 0.29) is 11.1 Å². The van der Waals surface area contributed by atoms with Crippen LogP contribution in [0.4, 0.5) is 0 Å². The molecule has 30 heavy (non-hydrogen) atoms. The maximum atomic E-state index is 10.3. The van der Waals surface area contributed by atoms with E-state index in [1.165, 1.54) is 19.3 Å². The predicted molar refractivity (Wildman–Crippen MR) is 122 cm³/mol. The minimum atomic E-state index is 0.177. The number of hydrogen-bond donors (Lipinski definition) is 2. The molecule has 0 saturated carbocycles. The molecule has 0 aromatic carbocycles. The molecule has 1 unspecified atom stereocenters. The molecular formula is C24H46N4O2. The highest BCUT2D eigenvalue weighted by atomic mass is 16.3. The van der Waals surface area contributed by atoms with Crippen molar-refractivity contribution in [3.8, 4) is 0 Å². The van der Waals surface area contributed by atoms with Crippen molar-refractivity contribution in [2.24, 2.45) is 5.92 Å². The molecule has 4 heterocycles. The smallest absolute Gasteiger partial charge is 0.0589 e. The third kappa shape index (κ3) is 4.33. The van der Waals surface area contributed by atoms with Crippen molar-refractivity contribution in [1.29, 1.82) is 0 Å². The zero-order valence-electron chi connectivity index (χ0n) is 20.1. The summed E-state index contributed by atoms with van der Waals surface area (Å²) < 4.78 is 0. The molecule has 0 radical (unpaired) electrons. The lowest BCUT2D eigenvalue weighted by molar-refractivity contribution is -0.0577. The van der Waals surface area contributed by atoms with E-state index in [0.29, 0.717) is 43.3 Å². The van der Waals surface area contributed by atoms with E-state index in [4.69, 9.17) is 0 Å². The fourth-order valence-electron chi connectivity index (χ4n) is 6.57. The first-order chi connectivity index (χ1) is 14.1. The summed E-state index contributed by atoms with van der Waals surface area (Å²) in [5, 5.41) is 19.9. The molecule has 3 atom stereocenters. The number of rotatable bonds is 7. The Bertz CT molecular complexity index is 580. The van der Waals surface area contributed by atoms with Crippen molar-refractivity contribution in [3.05, 3.63) is 0 Å². The Morgan fingerprint density at radius 2 is 1.40 bits per heavy atom. The van der Waals surface area contributed by atoms with Crippen LogP contribution in [0.1, 0.15) is 60.3 Å². The van der Waals surface area contributed by atoms with Crippen LogP contribution in [-0.4, -0.2) is 118 Å². The molecule has 174 valence electrons. The standard InChI is InChI=1S/C24H46N4O2/c1-23(2,3)25-12-21(13-25)28-10-8-18(22(28)17-30)11-24(4,5)26-14-20(15-26)27-9-6-7-19(27)16-29/h18-22,29-30H,6-17H2,1-5H3/t18?,19-,22-/m1/s1. The van der Waals surface area contributed by atoms with Crippen LogP contribution in [0.3, 0.4) is 0 Å². The van der Waals surface area contributed by atoms with E-state index in [1.54, 1.807) is 0 Å². The van der Waals surface area contributed by atoms with Crippen molar-refractivity contribution < 1.29 is 10.2 Å². The quantitative estimate of drug-likeness (QED) is 0.648. The molecule has 4 aliphatic rings.